The Balaban J connectivity index is 1.79. The van der Waals surface area contributed by atoms with E-state index in [1.54, 1.807) is 6.07 Å². The second-order valence-corrected chi connectivity index (χ2v) is 5.85. The predicted molar refractivity (Wildman–Crippen MR) is 85.5 cm³/mol. The van der Waals surface area contributed by atoms with Crippen molar-refractivity contribution in [2.75, 3.05) is 6.54 Å². The molecular weight excluding hydrogens is 278 g/mol. The number of amides is 1. The summed E-state index contributed by atoms with van der Waals surface area (Å²) in [5.41, 5.74) is 2.21. The van der Waals surface area contributed by atoms with Gasteiger partial charge < -0.3 is 10.4 Å². The number of nitrogens with one attached hydrogen (secondary N) is 2. The predicted octanol–water partition coefficient (Wildman–Crippen LogP) is 2.46. The first-order valence-corrected chi connectivity index (χ1v) is 7.61. The van der Waals surface area contributed by atoms with Crippen molar-refractivity contribution < 1.29 is 9.90 Å². The fraction of sp³-hybridized carbons (Fsp3) is 0.412. The van der Waals surface area contributed by atoms with E-state index in [-0.39, 0.29) is 5.91 Å². The molecule has 0 aliphatic heterocycles. The lowest BCUT2D eigenvalue weighted by Gasteiger charge is -2.11. The highest BCUT2D eigenvalue weighted by Crippen LogP contribution is 2.15. The lowest BCUT2D eigenvalue weighted by molar-refractivity contribution is 0.0937. The van der Waals surface area contributed by atoms with Gasteiger partial charge in [-0.3, -0.25) is 9.89 Å². The van der Waals surface area contributed by atoms with Gasteiger partial charge >= 0.3 is 0 Å². The van der Waals surface area contributed by atoms with E-state index < -0.39 is 6.10 Å². The second-order valence-electron chi connectivity index (χ2n) is 5.85. The van der Waals surface area contributed by atoms with Crippen LogP contribution in [0.1, 0.15) is 48.1 Å². The van der Waals surface area contributed by atoms with Crippen molar-refractivity contribution in [3.8, 4) is 0 Å². The van der Waals surface area contributed by atoms with Gasteiger partial charge in [-0.2, -0.15) is 5.10 Å². The number of H-pyrrole nitrogens is 1. The number of rotatable bonds is 7. The van der Waals surface area contributed by atoms with Crippen LogP contribution in [0.5, 0.6) is 0 Å². The molecular formula is C17H23N3O2. The van der Waals surface area contributed by atoms with Crippen molar-refractivity contribution >= 4 is 5.91 Å². The Labute approximate surface area is 130 Å². The van der Waals surface area contributed by atoms with Crippen molar-refractivity contribution in [3.05, 3.63) is 53.3 Å². The molecule has 1 aromatic carbocycles. The third-order valence-corrected chi connectivity index (χ3v) is 3.38. The van der Waals surface area contributed by atoms with Gasteiger partial charge in [-0.25, -0.2) is 0 Å². The number of carbonyl (C=O) groups excluding carboxylic acids is 1. The quantitative estimate of drug-likeness (QED) is 0.735. The molecule has 5 nitrogen and oxygen atoms in total. The number of aromatic nitrogens is 2. The molecule has 0 fully saturated rings. The highest BCUT2D eigenvalue weighted by molar-refractivity contribution is 5.92. The largest absolute Gasteiger partial charge is 0.388 e. The van der Waals surface area contributed by atoms with Crippen molar-refractivity contribution in [2.45, 2.75) is 32.8 Å². The SMILES string of the molecule is CC(C)Cc1cc(C(=O)NCCC(O)c2ccccc2)n[nH]1. The maximum atomic E-state index is 12.0. The van der Waals surface area contributed by atoms with Crippen LogP contribution in [-0.2, 0) is 6.42 Å². The molecule has 0 saturated heterocycles. The summed E-state index contributed by atoms with van der Waals surface area (Å²) in [6.07, 6.45) is 0.767. The molecule has 0 bridgehead atoms. The molecule has 1 heterocycles. The summed E-state index contributed by atoms with van der Waals surface area (Å²) >= 11 is 0. The zero-order chi connectivity index (χ0) is 15.9. The van der Waals surface area contributed by atoms with E-state index in [0.717, 1.165) is 17.7 Å². The van der Waals surface area contributed by atoms with Crippen LogP contribution in [0.2, 0.25) is 0 Å². The summed E-state index contributed by atoms with van der Waals surface area (Å²) in [6, 6.07) is 11.2. The molecule has 0 saturated carbocycles. The van der Waals surface area contributed by atoms with E-state index in [0.29, 0.717) is 24.6 Å². The number of aliphatic hydroxyl groups excluding tert-OH is 1. The Morgan fingerprint density at radius 3 is 2.73 bits per heavy atom. The van der Waals surface area contributed by atoms with Gasteiger partial charge in [0.2, 0.25) is 0 Å². The number of aromatic amines is 1. The minimum atomic E-state index is -0.572. The van der Waals surface area contributed by atoms with Gasteiger partial charge in [-0.05, 0) is 30.4 Å². The lowest BCUT2D eigenvalue weighted by atomic mass is 10.1. The molecule has 3 N–H and O–H groups in total. The lowest BCUT2D eigenvalue weighted by Crippen LogP contribution is -2.26. The molecule has 0 aliphatic carbocycles. The van der Waals surface area contributed by atoms with Gasteiger partial charge in [-0.1, -0.05) is 44.2 Å². The van der Waals surface area contributed by atoms with Crippen LogP contribution in [0, 0.1) is 5.92 Å². The Bertz CT molecular complexity index is 593. The molecule has 1 aromatic heterocycles. The highest BCUT2D eigenvalue weighted by atomic mass is 16.3. The molecule has 0 spiro atoms. The van der Waals surface area contributed by atoms with Crippen LogP contribution in [0.15, 0.2) is 36.4 Å². The first-order chi connectivity index (χ1) is 10.6. The Morgan fingerprint density at radius 2 is 2.05 bits per heavy atom. The number of hydrogen-bond acceptors (Lipinski definition) is 3. The third kappa shape index (κ3) is 4.70. The molecule has 2 aromatic rings. The maximum Gasteiger partial charge on any atom is 0.271 e. The normalized spacial score (nSPS) is 12.4. The fourth-order valence-corrected chi connectivity index (χ4v) is 2.28. The molecule has 118 valence electrons. The summed E-state index contributed by atoms with van der Waals surface area (Å²) in [7, 11) is 0. The van der Waals surface area contributed by atoms with Crippen molar-refractivity contribution in [1.29, 1.82) is 0 Å². The summed E-state index contributed by atoms with van der Waals surface area (Å²) in [4.78, 5) is 12.0. The first kappa shape index (κ1) is 16.2. The Kier molecular flexibility index (Phi) is 5.72. The molecule has 0 aliphatic rings. The third-order valence-electron chi connectivity index (χ3n) is 3.38. The van der Waals surface area contributed by atoms with Crippen molar-refractivity contribution in [3.63, 3.8) is 0 Å². The van der Waals surface area contributed by atoms with Gasteiger partial charge in [0.1, 0.15) is 5.69 Å². The number of nitrogens with zero attached hydrogens (tertiary/aromatic N) is 1. The molecule has 2 rings (SSSR count). The minimum absolute atomic E-state index is 0.216. The fourth-order valence-electron chi connectivity index (χ4n) is 2.28. The second kappa shape index (κ2) is 7.75. The van der Waals surface area contributed by atoms with Gasteiger partial charge in [0.25, 0.3) is 5.91 Å². The summed E-state index contributed by atoms with van der Waals surface area (Å²) in [6.45, 7) is 4.64. The number of benzene rings is 1. The summed E-state index contributed by atoms with van der Waals surface area (Å²) in [5.74, 6) is 0.295. The standard InChI is InChI=1S/C17H23N3O2/c1-12(2)10-14-11-15(20-19-14)17(22)18-9-8-16(21)13-6-4-3-5-7-13/h3-7,11-12,16,21H,8-10H2,1-2H3,(H,18,22)(H,19,20). The number of hydrogen-bond donors (Lipinski definition) is 3. The Hall–Kier alpha value is -2.14. The number of aliphatic hydroxyl groups is 1. The van der Waals surface area contributed by atoms with Gasteiger partial charge in [0.15, 0.2) is 0 Å². The van der Waals surface area contributed by atoms with E-state index in [9.17, 15) is 9.90 Å². The van der Waals surface area contributed by atoms with Crippen molar-refractivity contribution in [1.82, 2.24) is 15.5 Å². The molecule has 0 radical (unpaired) electrons. The van der Waals surface area contributed by atoms with Gasteiger partial charge in [0.05, 0.1) is 6.10 Å². The van der Waals surface area contributed by atoms with Crippen LogP contribution in [0.4, 0.5) is 0 Å². The topological polar surface area (TPSA) is 78.0 Å². The molecule has 1 amide bonds. The van der Waals surface area contributed by atoms with Crippen LogP contribution in [0.3, 0.4) is 0 Å². The van der Waals surface area contributed by atoms with Crippen LogP contribution in [-0.4, -0.2) is 27.8 Å². The number of carbonyl (C=O) groups is 1. The van der Waals surface area contributed by atoms with Crippen LogP contribution in [0.25, 0.3) is 0 Å². The molecule has 1 unspecified atom stereocenters. The minimum Gasteiger partial charge on any atom is -0.388 e. The molecule has 5 heteroatoms. The zero-order valence-electron chi connectivity index (χ0n) is 13.0. The van der Waals surface area contributed by atoms with E-state index in [1.165, 1.54) is 0 Å². The Morgan fingerprint density at radius 1 is 1.32 bits per heavy atom. The molecule has 1 atom stereocenters. The van der Waals surface area contributed by atoms with E-state index >= 15 is 0 Å². The summed E-state index contributed by atoms with van der Waals surface area (Å²) in [5, 5.41) is 19.7. The monoisotopic (exact) mass is 301 g/mol. The van der Waals surface area contributed by atoms with E-state index in [2.05, 4.69) is 29.4 Å². The van der Waals surface area contributed by atoms with Crippen LogP contribution < -0.4 is 5.32 Å². The zero-order valence-corrected chi connectivity index (χ0v) is 13.0. The highest BCUT2D eigenvalue weighted by Gasteiger charge is 2.12. The average molecular weight is 301 g/mol. The smallest absolute Gasteiger partial charge is 0.271 e. The maximum absolute atomic E-state index is 12.0. The van der Waals surface area contributed by atoms with Gasteiger partial charge in [0, 0.05) is 12.2 Å². The molecule has 22 heavy (non-hydrogen) atoms. The van der Waals surface area contributed by atoms with Crippen LogP contribution >= 0.6 is 0 Å². The van der Waals surface area contributed by atoms with E-state index in [1.807, 2.05) is 30.3 Å². The van der Waals surface area contributed by atoms with Gasteiger partial charge in [-0.15, -0.1) is 0 Å². The first-order valence-electron chi connectivity index (χ1n) is 7.61. The average Bonchev–Trinajstić information content (AvgIpc) is 2.95. The van der Waals surface area contributed by atoms with Crippen molar-refractivity contribution in [2.24, 2.45) is 5.92 Å². The summed E-state index contributed by atoms with van der Waals surface area (Å²) < 4.78 is 0. The van der Waals surface area contributed by atoms with E-state index in [4.69, 9.17) is 0 Å².